The van der Waals surface area contributed by atoms with Gasteiger partial charge in [0.1, 0.15) is 0 Å². The summed E-state index contributed by atoms with van der Waals surface area (Å²) in [5, 5.41) is 6.10. The van der Waals surface area contributed by atoms with Crippen molar-refractivity contribution in [2.45, 2.75) is 0 Å². The van der Waals surface area contributed by atoms with Crippen LogP contribution in [0.4, 0.5) is 0 Å². The zero-order valence-electron chi connectivity index (χ0n) is 30.7. The zero-order chi connectivity index (χ0) is 37.5. The highest BCUT2D eigenvalue weighted by molar-refractivity contribution is 7.26. The monoisotopic (exact) mass is 744 g/mol. The average molecular weight is 745 g/mol. The second kappa shape index (κ2) is 12.6. The first-order valence-electron chi connectivity index (χ1n) is 19.3. The van der Waals surface area contributed by atoms with Crippen LogP contribution in [0, 0.1) is 0 Å². The lowest BCUT2D eigenvalue weighted by Gasteiger charge is -2.16. The normalized spacial score (nSPS) is 11.9. The molecule has 0 saturated carbocycles. The van der Waals surface area contributed by atoms with E-state index in [0.29, 0.717) is 0 Å². The molecule has 5 heteroatoms. The van der Waals surface area contributed by atoms with Gasteiger partial charge in [0.15, 0.2) is 5.82 Å². The molecule has 0 amide bonds. The molecule has 266 valence electrons. The van der Waals surface area contributed by atoms with E-state index < -0.39 is 0 Å². The molecule has 0 aliphatic carbocycles. The molecule has 0 unspecified atom stereocenters. The maximum atomic E-state index is 5.33. The number of rotatable bonds is 5. The van der Waals surface area contributed by atoms with Crippen LogP contribution < -0.4 is 0 Å². The second-order valence-corrected chi connectivity index (χ2v) is 15.6. The molecule has 0 aliphatic heterocycles. The highest BCUT2D eigenvalue weighted by atomic mass is 32.1. The Bertz CT molecular complexity index is 3470. The lowest BCUT2D eigenvalue weighted by molar-refractivity contribution is 1.16. The van der Waals surface area contributed by atoms with Gasteiger partial charge in [0.2, 0.25) is 0 Å². The number of aromatic nitrogens is 4. The van der Waals surface area contributed by atoms with E-state index in [0.717, 1.165) is 71.8 Å². The van der Waals surface area contributed by atoms with Crippen molar-refractivity contribution < 1.29 is 0 Å². The van der Waals surface area contributed by atoms with Gasteiger partial charge in [0, 0.05) is 54.0 Å². The predicted molar refractivity (Wildman–Crippen MR) is 240 cm³/mol. The van der Waals surface area contributed by atoms with Gasteiger partial charge in [-0.1, -0.05) is 140 Å². The molecule has 0 atom stereocenters. The van der Waals surface area contributed by atoms with Crippen LogP contribution in [0.3, 0.4) is 0 Å². The quantitative estimate of drug-likeness (QED) is 0.176. The van der Waals surface area contributed by atoms with Crippen molar-refractivity contribution >= 4 is 75.3 Å². The Morgan fingerprint density at radius 3 is 1.65 bits per heavy atom. The zero-order valence-corrected chi connectivity index (χ0v) is 31.5. The number of nitrogens with zero attached hydrogens (tertiary/aromatic N) is 4. The number of hydrogen-bond acceptors (Lipinski definition) is 3. The fraction of sp³-hybridized carbons (Fsp3) is 0. The third kappa shape index (κ3) is 4.93. The van der Waals surface area contributed by atoms with Crippen LogP contribution in [-0.4, -0.2) is 19.1 Å². The van der Waals surface area contributed by atoms with Crippen molar-refractivity contribution in [3.63, 3.8) is 0 Å². The van der Waals surface area contributed by atoms with Crippen molar-refractivity contribution in [1.82, 2.24) is 19.1 Å². The predicted octanol–water partition coefficient (Wildman–Crippen LogP) is 14.0. The summed E-state index contributed by atoms with van der Waals surface area (Å²) < 4.78 is 7.15. The summed E-state index contributed by atoms with van der Waals surface area (Å²) in [6.45, 7) is 0. The van der Waals surface area contributed by atoms with Crippen LogP contribution >= 0.6 is 11.3 Å². The van der Waals surface area contributed by atoms with Gasteiger partial charge >= 0.3 is 0 Å². The number of fused-ring (bicyclic) bond motifs is 9. The third-order valence-corrected chi connectivity index (χ3v) is 12.5. The second-order valence-electron chi connectivity index (χ2n) is 14.6. The molecule has 12 rings (SSSR count). The summed E-state index contributed by atoms with van der Waals surface area (Å²) in [5.74, 6) is 0.730. The Morgan fingerprint density at radius 2 is 0.947 bits per heavy atom. The first-order valence-corrected chi connectivity index (χ1v) is 20.1. The van der Waals surface area contributed by atoms with E-state index in [1.807, 2.05) is 18.2 Å². The van der Waals surface area contributed by atoms with Crippen molar-refractivity contribution in [3.8, 4) is 45.1 Å². The molecule has 4 aromatic heterocycles. The summed E-state index contributed by atoms with van der Waals surface area (Å²) in [7, 11) is 0. The Morgan fingerprint density at radius 1 is 0.386 bits per heavy atom. The number of para-hydroxylation sites is 3. The van der Waals surface area contributed by atoms with Gasteiger partial charge in [-0.15, -0.1) is 11.3 Å². The van der Waals surface area contributed by atoms with Crippen molar-refractivity contribution in [3.05, 3.63) is 194 Å². The van der Waals surface area contributed by atoms with Crippen molar-refractivity contribution in [1.29, 1.82) is 0 Å². The first kappa shape index (κ1) is 32.0. The highest BCUT2D eigenvalue weighted by Crippen LogP contribution is 2.43. The van der Waals surface area contributed by atoms with Crippen LogP contribution in [0.25, 0.3) is 109 Å². The van der Waals surface area contributed by atoms with E-state index in [1.165, 1.54) is 37.3 Å². The van der Waals surface area contributed by atoms with Crippen LogP contribution in [0.1, 0.15) is 0 Å². The fourth-order valence-electron chi connectivity index (χ4n) is 8.79. The summed E-state index contributed by atoms with van der Waals surface area (Å²) in [6.07, 6.45) is 0. The maximum Gasteiger partial charge on any atom is 0.160 e. The van der Waals surface area contributed by atoms with Gasteiger partial charge in [-0.2, -0.15) is 0 Å². The molecule has 8 aromatic carbocycles. The Balaban J connectivity index is 1.11. The standard InChI is InChI=1S/C52H32N4S/c1-3-15-33(16-4-1)41-31-35(49-51-50(40-22-10-14-26-48(40)57-51)54-52(53-49)34-17-5-2-6-18-34)27-29-46(41)56-45-25-13-9-21-39(45)42-32-36(28-30-47(42)56)55-43-23-11-7-19-37(43)38-20-8-12-24-44(38)55/h1-32H. The lowest BCUT2D eigenvalue weighted by Crippen LogP contribution is -1.99. The van der Waals surface area contributed by atoms with Gasteiger partial charge in [-0.3, -0.25) is 0 Å². The Labute approximate surface area is 332 Å². The summed E-state index contributed by atoms with van der Waals surface area (Å²) in [5.41, 5.74) is 13.3. The van der Waals surface area contributed by atoms with Crippen LogP contribution in [0.5, 0.6) is 0 Å². The van der Waals surface area contributed by atoms with E-state index in [4.69, 9.17) is 9.97 Å². The number of thiophene rings is 1. The van der Waals surface area contributed by atoms with Crippen LogP contribution in [0.2, 0.25) is 0 Å². The number of benzene rings is 8. The molecule has 57 heavy (non-hydrogen) atoms. The lowest BCUT2D eigenvalue weighted by atomic mass is 9.98. The molecule has 0 spiro atoms. The van der Waals surface area contributed by atoms with Gasteiger partial charge in [-0.25, -0.2) is 9.97 Å². The number of hydrogen-bond donors (Lipinski definition) is 0. The van der Waals surface area contributed by atoms with E-state index in [1.54, 1.807) is 11.3 Å². The minimum Gasteiger partial charge on any atom is -0.309 e. The first-order chi connectivity index (χ1) is 28.3. The van der Waals surface area contributed by atoms with E-state index in [-0.39, 0.29) is 0 Å². The minimum atomic E-state index is 0.730. The summed E-state index contributed by atoms with van der Waals surface area (Å²) in [6, 6.07) is 69.6. The Hall–Kier alpha value is -7.34. The van der Waals surface area contributed by atoms with E-state index in [9.17, 15) is 0 Å². The van der Waals surface area contributed by atoms with Gasteiger partial charge in [0.25, 0.3) is 0 Å². The highest BCUT2D eigenvalue weighted by Gasteiger charge is 2.21. The van der Waals surface area contributed by atoms with Crippen molar-refractivity contribution in [2.75, 3.05) is 0 Å². The van der Waals surface area contributed by atoms with E-state index >= 15 is 0 Å². The van der Waals surface area contributed by atoms with Crippen molar-refractivity contribution in [2.24, 2.45) is 0 Å². The summed E-state index contributed by atoms with van der Waals surface area (Å²) in [4.78, 5) is 10.5. The molecule has 4 nitrogen and oxygen atoms in total. The molecule has 0 N–H and O–H groups in total. The third-order valence-electron chi connectivity index (χ3n) is 11.3. The molecular formula is C52H32N4S. The van der Waals surface area contributed by atoms with E-state index in [2.05, 4.69) is 185 Å². The Kier molecular flexibility index (Phi) is 7.06. The largest absolute Gasteiger partial charge is 0.309 e. The topological polar surface area (TPSA) is 35.6 Å². The smallest absolute Gasteiger partial charge is 0.160 e. The molecule has 0 saturated heterocycles. The molecule has 0 fully saturated rings. The van der Waals surface area contributed by atoms with Gasteiger partial charge in [-0.05, 0) is 60.2 Å². The molecule has 0 aliphatic rings. The molecule has 4 heterocycles. The maximum absolute atomic E-state index is 5.33. The average Bonchev–Trinajstić information content (AvgIpc) is 3.94. The summed E-state index contributed by atoms with van der Waals surface area (Å²) >= 11 is 1.76. The van der Waals surface area contributed by atoms with Gasteiger partial charge in [0.05, 0.1) is 43.7 Å². The molecule has 12 aromatic rings. The molecule has 0 bridgehead atoms. The molecule has 0 radical (unpaired) electrons. The van der Waals surface area contributed by atoms with Crippen LogP contribution in [-0.2, 0) is 0 Å². The van der Waals surface area contributed by atoms with Crippen LogP contribution in [0.15, 0.2) is 194 Å². The van der Waals surface area contributed by atoms with Gasteiger partial charge < -0.3 is 9.13 Å². The molecular weight excluding hydrogens is 713 g/mol. The SMILES string of the molecule is c1ccc(-c2nc(-c3ccc(-n4c5ccccc5c5cc(-n6c7ccccc7c7ccccc76)ccc54)c(-c4ccccc4)c3)c3sc4ccccc4c3n2)cc1. The fourth-order valence-corrected chi connectivity index (χ4v) is 9.94. The minimum absolute atomic E-state index is 0.730.